The molecule has 4 aromatic rings. The molecule has 1 saturated carbocycles. The molecule has 0 aromatic carbocycles. The Kier molecular flexibility index (Phi) is 8.39. The van der Waals surface area contributed by atoms with Gasteiger partial charge in [0.1, 0.15) is 0 Å². The summed E-state index contributed by atoms with van der Waals surface area (Å²) >= 11 is 0. The second kappa shape index (κ2) is 12.5. The fourth-order valence-corrected chi connectivity index (χ4v) is 5.32. The number of rotatable bonds is 10. The predicted molar refractivity (Wildman–Crippen MR) is 141 cm³/mol. The Hall–Kier alpha value is -3.48. The number of hydrogen-bond acceptors (Lipinski definition) is 6. The lowest BCUT2D eigenvalue weighted by atomic mass is 9.87. The molecule has 0 bridgehead atoms. The largest absolute Gasteiger partial charge is 0.287 e. The summed E-state index contributed by atoms with van der Waals surface area (Å²) in [5, 5.41) is 0. The third-order valence-corrected chi connectivity index (χ3v) is 7.00. The lowest BCUT2D eigenvalue weighted by molar-refractivity contribution is 0.0272. The van der Waals surface area contributed by atoms with Crippen molar-refractivity contribution in [1.29, 1.82) is 0 Å². The maximum Gasteiger partial charge on any atom is 0.0544 e. The van der Waals surface area contributed by atoms with E-state index in [0.29, 0.717) is 12.1 Å². The van der Waals surface area contributed by atoms with Crippen molar-refractivity contribution in [3.8, 4) is 0 Å². The fraction of sp³-hybridized carbons (Fsp3) is 0.333. The van der Waals surface area contributed by atoms with Crippen molar-refractivity contribution in [2.24, 2.45) is 0 Å². The minimum Gasteiger partial charge on any atom is -0.287 e. The van der Waals surface area contributed by atoms with Crippen LogP contribution < -0.4 is 0 Å². The smallest absolute Gasteiger partial charge is 0.0544 e. The maximum atomic E-state index is 4.66. The van der Waals surface area contributed by atoms with Gasteiger partial charge >= 0.3 is 0 Å². The van der Waals surface area contributed by atoms with Crippen molar-refractivity contribution in [3.05, 3.63) is 120 Å². The van der Waals surface area contributed by atoms with Gasteiger partial charge in [0.25, 0.3) is 0 Å². The molecule has 6 nitrogen and oxygen atoms in total. The molecule has 0 amide bonds. The van der Waals surface area contributed by atoms with Crippen LogP contribution in [0, 0.1) is 0 Å². The Labute approximate surface area is 214 Å². The summed E-state index contributed by atoms with van der Waals surface area (Å²) in [6.07, 6.45) is 12.4. The Bertz CT molecular complexity index is 979. The molecule has 4 heterocycles. The quantitative estimate of drug-likeness (QED) is 0.309. The van der Waals surface area contributed by atoms with Crippen molar-refractivity contribution in [1.82, 2.24) is 29.7 Å². The van der Waals surface area contributed by atoms with E-state index in [1.165, 1.54) is 12.8 Å². The van der Waals surface area contributed by atoms with E-state index in [2.05, 4.69) is 78.3 Å². The third kappa shape index (κ3) is 6.59. The number of hydrogen-bond donors (Lipinski definition) is 0. The topological polar surface area (TPSA) is 58.0 Å². The molecule has 0 saturated heterocycles. The van der Waals surface area contributed by atoms with Crippen LogP contribution in [-0.2, 0) is 26.2 Å². The highest BCUT2D eigenvalue weighted by molar-refractivity contribution is 5.10. The first kappa shape index (κ1) is 24.2. The minimum atomic E-state index is 0.384. The van der Waals surface area contributed by atoms with Gasteiger partial charge in [0.15, 0.2) is 0 Å². The van der Waals surface area contributed by atoms with E-state index >= 15 is 0 Å². The van der Waals surface area contributed by atoms with Gasteiger partial charge < -0.3 is 0 Å². The molecule has 6 heteroatoms. The molecule has 184 valence electrons. The van der Waals surface area contributed by atoms with E-state index in [9.17, 15) is 0 Å². The summed E-state index contributed by atoms with van der Waals surface area (Å²) in [6.45, 7) is 3.22. The van der Waals surface area contributed by atoms with E-state index in [4.69, 9.17) is 0 Å². The molecule has 0 aliphatic heterocycles. The van der Waals surface area contributed by atoms with Crippen LogP contribution >= 0.6 is 0 Å². The Morgan fingerprint density at radius 2 is 0.778 bits per heavy atom. The maximum absolute atomic E-state index is 4.66. The second-order valence-electron chi connectivity index (χ2n) is 9.51. The normalized spacial score (nSPS) is 17.9. The van der Waals surface area contributed by atoms with Gasteiger partial charge in [-0.3, -0.25) is 29.7 Å². The van der Waals surface area contributed by atoms with E-state index in [0.717, 1.165) is 61.8 Å². The molecule has 0 unspecified atom stereocenters. The fourth-order valence-electron chi connectivity index (χ4n) is 5.32. The lowest BCUT2D eigenvalue weighted by Gasteiger charge is -2.45. The first-order valence-corrected chi connectivity index (χ1v) is 12.9. The summed E-state index contributed by atoms with van der Waals surface area (Å²) in [7, 11) is 0. The van der Waals surface area contributed by atoms with Crippen molar-refractivity contribution < 1.29 is 0 Å². The van der Waals surface area contributed by atoms with Gasteiger partial charge in [-0.15, -0.1) is 0 Å². The zero-order chi connectivity index (χ0) is 24.4. The summed E-state index contributed by atoms with van der Waals surface area (Å²) < 4.78 is 0. The molecule has 0 radical (unpaired) electrons. The molecule has 4 aromatic heterocycles. The standard InChI is InChI=1S/C30H34N6/c1-2-16-30(36(23-27-13-5-9-19-33-27)24-28-14-6-10-20-34-28)29(15-1)35(21-25-11-3-7-17-31-25)22-26-12-4-8-18-32-26/h3-14,17-20,29-30H,1-2,15-16,21-24H2/t29-,30-/m0/s1. The van der Waals surface area contributed by atoms with Gasteiger partial charge in [0, 0.05) is 63.1 Å². The molecule has 1 aliphatic rings. The van der Waals surface area contributed by atoms with Crippen LogP contribution in [0.3, 0.4) is 0 Å². The average molecular weight is 479 g/mol. The van der Waals surface area contributed by atoms with Crippen LogP contribution in [-0.4, -0.2) is 41.8 Å². The van der Waals surface area contributed by atoms with Gasteiger partial charge in [-0.25, -0.2) is 0 Å². The number of pyridine rings is 4. The zero-order valence-electron chi connectivity index (χ0n) is 20.7. The minimum absolute atomic E-state index is 0.384. The van der Waals surface area contributed by atoms with Gasteiger partial charge in [-0.2, -0.15) is 0 Å². The van der Waals surface area contributed by atoms with E-state index < -0.39 is 0 Å². The van der Waals surface area contributed by atoms with E-state index in [1.807, 2.05) is 49.1 Å². The lowest BCUT2D eigenvalue weighted by Crippen LogP contribution is -2.52. The summed E-state index contributed by atoms with van der Waals surface area (Å²) in [6, 6.07) is 25.5. The predicted octanol–water partition coefficient (Wildman–Crippen LogP) is 5.28. The molecular weight excluding hydrogens is 444 g/mol. The summed E-state index contributed by atoms with van der Waals surface area (Å²) in [5.74, 6) is 0. The van der Waals surface area contributed by atoms with Crippen molar-refractivity contribution >= 4 is 0 Å². The molecule has 2 atom stereocenters. The van der Waals surface area contributed by atoms with E-state index in [1.54, 1.807) is 0 Å². The van der Waals surface area contributed by atoms with Crippen LogP contribution in [0.1, 0.15) is 48.5 Å². The summed E-state index contributed by atoms with van der Waals surface area (Å²) in [5.41, 5.74) is 4.38. The average Bonchev–Trinajstić information content (AvgIpc) is 2.95. The number of nitrogens with zero attached hydrogens (tertiary/aromatic N) is 6. The summed E-state index contributed by atoms with van der Waals surface area (Å²) in [4.78, 5) is 23.8. The Morgan fingerprint density at radius 1 is 0.472 bits per heavy atom. The monoisotopic (exact) mass is 478 g/mol. The third-order valence-electron chi connectivity index (χ3n) is 7.00. The molecule has 36 heavy (non-hydrogen) atoms. The second-order valence-corrected chi connectivity index (χ2v) is 9.51. The van der Waals surface area contributed by atoms with Crippen LogP contribution in [0.15, 0.2) is 97.6 Å². The Morgan fingerprint density at radius 3 is 1.03 bits per heavy atom. The van der Waals surface area contributed by atoms with Crippen LogP contribution in [0.4, 0.5) is 0 Å². The van der Waals surface area contributed by atoms with Gasteiger partial charge in [0.2, 0.25) is 0 Å². The zero-order valence-corrected chi connectivity index (χ0v) is 20.7. The number of aromatic nitrogens is 4. The van der Waals surface area contributed by atoms with Gasteiger partial charge in [-0.1, -0.05) is 37.1 Å². The highest BCUT2D eigenvalue weighted by Crippen LogP contribution is 2.31. The molecule has 0 N–H and O–H groups in total. The van der Waals surface area contributed by atoms with Crippen LogP contribution in [0.25, 0.3) is 0 Å². The van der Waals surface area contributed by atoms with Crippen molar-refractivity contribution in [2.75, 3.05) is 0 Å². The molecule has 1 fully saturated rings. The van der Waals surface area contributed by atoms with Crippen molar-refractivity contribution in [3.63, 3.8) is 0 Å². The first-order valence-electron chi connectivity index (χ1n) is 12.9. The molecule has 5 rings (SSSR count). The van der Waals surface area contributed by atoms with Gasteiger partial charge in [0.05, 0.1) is 22.8 Å². The van der Waals surface area contributed by atoms with Crippen LogP contribution in [0.2, 0.25) is 0 Å². The molecular formula is C30H34N6. The van der Waals surface area contributed by atoms with E-state index in [-0.39, 0.29) is 0 Å². The SMILES string of the molecule is c1ccc(CN(Cc2ccccn2)[C@H]2CCCC[C@@H]2N(Cc2ccccn2)Cc2ccccn2)nc1. The van der Waals surface area contributed by atoms with Crippen LogP contribution in [0.5, 0.6) is 0 Å². The first-order chi connectivity index (χ1) is 17.8. The highest BCUT2D eigenvalue weighted by atomic mass is 15.3. The molecule has 1 aliphatic carbocycles. The van der Waals surface area contributed by atoms with Gasteiger partial charge in [-0.05, 0) is 61.4 Å². The van der Waals surface area contributed by atoms with Crippen molar-refractivity contribution in [2.45, 2.75) is 63.9 Å². The highest BCUT2D eigenvalue weighted by Gasteiger charge is 2.35. The molecule has 0 spiro atoms. The Balaban J connectivity index is 1.45.